The molecule has 2 aromatic heterocycles. The highest BCUT2D eigenvalue weighted by molar-refractivity contribution is 6.30. The molecule has 0 bridgehead atoms. The van der Waals surface area contributed by atoms with Crippen LogP contribution in [0.15, 0.2) is 6.07 Å². The zero-order chi connectivity index (χ0) is 12.0. The Labute approximate surface area is 106 Å². The van der Waals surface area contributed by atoms with Crippen LogP contribution in [-0.4, -0.2) is 14.6 Å². The summed E-state index contributed by atoms with van der Waals surface area (Å²) in [5.74, 6) is 0.573. The minimum absolute atomic E-state index is 0.573. The summed E-state index contributed by atoms with van der Waals surface area (Å²) in [6, 6.07) is 1.97. The molecule has 3 nitrogen and oxygen atoms in total. The molecule has 4 heteroatoms. The van der Waals surface area contributed by atoms with E-state index in [9.17, 15) is 0 Å². The molecule has 0 atom stereocenters. The molecule has 0 aliphatic heterocycles. The first kappa shape index (κ1) is 11.0. The highest BCUT2D eigenvalue weighted by Crippen LogP contribution is 2.38. The van der Waals surface area contributed by atoms with Crippen molar-refractivity contribution >= 4 is 17.2 Å². The third kappa shape index (κ3) is 1.73. The molecular formula is C13H16ClN3. The van der Waals surface area contributed by atoms with Gasteiger partial charge in [-0.2, -0.15) is 5.10 Å². The molecule has 0 spiro atoms. The van der Waals surface area contributed by atoms with Crippen LogP contribution in [0.1, 0.15) is 48.6 Å². The second kappa shape index (κ2) is 3.98. The van der Waals surface area contributed by atoms with Gasteiger partial charge >= 0.3 is 0 Å². The normalized spacial score (nSPS) is 17.1. The Balaban J connectivity index is 2.22. The van der Waals surface area contributed by atoms with E-state index in [1.165, 1.54) is 31.2 Å². The van der Waals surface area contributed by atoms with Gasteiger partial charge in [0, 0.05) is 17.3 Å². The Morgan fingerprint density at radius 1 is 1.29 bits per heavy atom. The number of halogens is 1. The third-order valence-corrected chi connectivity index (χ3v) is 4.02. The van der Waals surface area contributed by atoms with Crippen LogP contribution in [0.5, 0.6) is 0 Å². The summed E-state index contributed by atoms with van der Waals surface area (Å²) in [6.07, 6.45) is 5.06. The van der Waals surface area contributed by atoms with Gasteiger partial charge in [-0.25, -0.2) is 9.50 Å². The van der Waals surface area contributed by atoms with Gasteiger partial charge in [-0.3, -0.25) is 0 Å². The smallest absolute Gasteiger partial charge is 0.157 e. The number of aryl methyl sites for hydroxylation is 2. The van der Waals surface area contributed by atoms with Crippen LogP contribution in [0.2, 0.25) is 5.15 Å². The Morgan fingerprint density at radius 2 is 2.00 bits per heavy atom. The first-order chi connectivity index (χ1) is 8.16. The van der Waals surface area contributed by atoms with Crippen LogP contribution in [0.4, 0.5) is 0 Å². The van der Waals surface area contributed by atoms with E-state index in [1.807, 2.05) is 13.0 Å². The van der Waals surface area contributed by atoms with Crippen molar-refractivity contribution in [1.82, 2.24) is 14.6 Å². The number of fused-ring (bicyclic) bond motifs is 1. The lowest BCUT2D eigenvalue weighted by Crippen LogP contribution is -2.05. The molecule has 2 aromatic rings. The van der Waals surface area contributed by atoms with Crippen molar-refractivity contribution in [3.63, 3.8) is 0 Å². The molecular weight excluding hydrogens is 234 g/mol. The summed E-state index contributed by atoms with van der Waals surface area (Å²) in [4.78, 5) is 4.62. The largest absolute Gasteiger partial charge is 0.233 e. The van der Waals surface area contributed by atoms with Crippen LogP contribution >= 0.6 is 11.6 Å². The standard InChI is InChI=1S/C13H16ClN3/c1-8-7-11-15-9(2)12(10-5-3-4-6-10)13(14)17(11)16-8/h7,10H,3-6H2,1-2H3. The maximum absolute atomic E-state index is 6.50. The Hall–Kier alpha value is -1.09. The summed E-state index contributed by atoms with van der Waals surface area (Å²) in [5.41, 5.74) is 4.09. The van der Waals surface area contributed by atoms with Gasteiger partial charge in [0.15, 0.2) is 5.65 Å². The molecule has 1 aliphatic rings. The predicted molar refractivity (Wildman–Crippen MR) is 68.7 cm³/mol. The van der Waals surface area contributed by atoms with Crippen LogP contribution in [0.3, 0.4) is 0 Å². The predicted octanol–water partition coefficient (Wildman–Crippen LogP) is 3.66. The fourth-order valence-corrected chi connectivity index (χ4v) is 3.30. The molecule has 90 valence electrons. The van der Waals surface area contributed by atoms with Crippen molar-refractivity contribution in [1.29, 1.82) is 0 Å². The molecule has 0 radical (unpaired) electrons. The number of hydrogen-bond acceptors (Lipinski definition) is 2. The minimum Gasteiger partial charge on any atom is -0.233 e. The van der Waals surface area contributed by atoms with E-state index in [-0.39, 0.29) is 0 Å². The summed E-state index contributed by atoms with van der Waals surface area (Å²) in [7, 11) is 0. The Kier molecular flexibility index (Phi) is 2.58. The van der Waals surface area contributed by atoms with Crippen molar-refractivity contribution in [2.24, 2.45) is 0 Å². The van der Waals surface area contributed by atoms with Gasteiger partial charge in [-0.05, 0) is 32.6 Å². The van der Waals surface area contributed by atoms with Gasteiger partial charge in [-0.15, -0.1) is 0 Å². The number of rotatable bonds is 1. The maximum Gasteiger partial charge on any atom is 0.157 e. The third-order valence-electron chi connectivity index (χ3n) is 3.66. The quantitative estimate of drug-likeness (QED) is 0.722. The number of nitrogens with zero attached hydrogens (tertiary/aromatic N) is 3. The summed E-state index contributed by atoms with van der Waals surface area (Å²) in [5, 5.41) is 5.17. The molecule has 1 saturated carbocycles. The minimum atomic E-state index is 0.573. The van der Waals surface area contributed by atoms with E-state index in [4.69, 9.17) is 11.6 Å². The fourth-order valence-electron chi connectivity index (χ4n) is 2.88. The Bertz CT molecular complexity index is 568. The number of aromatic nitrogens is 3. The molecule has 0 unspecified atom stereocenters. The molecule has 1 fully saturated rings. The van der Waals surface area contributed by atoms with Crippen molar-refractivity contribution in [2.45, 2.75) is 45.4 Å². The summed E-state index contributed by atoms with van der Waals surface area (Å²) >= 11 is 6.50. The van der Waals surface area contributed by atoms with E-state index in [0.29, 0.717) is 5.92 Å². The first-order valence-electron chi connectivity index (χ1n) is 6.19. The maximum atomic E-state index is 6.50. The summed E-state index contributed by atoms with van der Waals surface area (Å²) < 4.78 is 1.78. The second-order valence-electron chi connectivity index (χ2n) is 4.94. The fraction of sp³-hybridized carbons (Fsp3) is 0.538. The monoisotopic (exact) mass is 249 g/mol. The molecule has 0 amide bonds. The number of hydrogen-bond donors (Lipinski definition) is 0. The zero-order valence-corrected chi connectivity index (χ0v) is 11.0. The highest BCUT2D eigenvalue weighted by atomic mass is 35.5. The Morgan fingerprint density at radius 3 is 2.71 bits per heavy atom. The summed E-state index contributed by atoms with van der Waals surface area (Å²) in [6.45, 7) is 4.03. The van der Waals surface area contributed by atoms with Crippen molar-refractivity contribution in [3.8, 4) is 0 Å². The lowest BCUT2D eigenvalue weighted by molar-refractivity contribution is 0.699. The molecule has 1 aliphatic carbocycles. The molecule has 2 heterocycles. The van der Waals surface area contributed by atoms with E-state index in [2.05, 4.69) is 17.0 Å². The lowest BCUT2D eigenvalue weighted by atomic mass is 9.98. The van der Waals surface area contributed by atoms with Gasteiger partial charge in [-0.1, -0.05) is 24.4 Å². The van der Waals surface area contributed by atoms with Crippen LogP contribution in [-0.2, 0) is 0 Å². The van der Waals surface area contributed by atoms with Crippen LogP contribution in [0, 0.1) is 13.8 Å². The average Bonchev–Trinajstić information content (AvgIpc) is 2.87. The van der Waals surface area contributed by atoms with E-state index >= 15 is 0 Å². The van der Waals surface area contributed by atoms with Crippen molar-refractivity contribution < 1.29 is 0 Å². The van der Waals surface area contributed by atoms with E-state index < -0.39 is 0 Å². The van der Waals surface area contributed by atoms with Crippen LogP contribution in [0.25, 0.3) is 5.65 Å². The van der Waals surface area contributed by atoms with Crippen LogP contribution < -0.4 is 0 Å². The topological polar surface area (TPSA) is 30.2 Å². The van der Waals surface area contributed by atoms with Crippen molar-refractivity contribution in [2.75, 3.05) is 0 Å². The molecule has 0 aromatic carbocycles. The second-order valence-corrected chi connectivity index (χ2v) is 5.30. The van der Waals surface area contributed by atoms with E-state index in [1.54, 1.807) is 4.52 Å². The molecule has 0 saturated heterocycles. The first-order valence-corrected chi connectivity index (χ1v) is 6.57. The zero-order valence-electron chi connectivity index (χ0n) is 10.2. The van der Waals surface area contributed by atoms with Gasteiger partial charge in [0.25, 0.3) is 0 Å². The molecule has 0 N–H and O–H groups in total. The van der Waals surface area contributed by atoms with Gasteiger partial charge in [0.05, 0.1) is 5.69 Å². The lowest BCUT2D eigenvalue weighted by Gasteiger charge is -2.14. The highest BCUT2D eigenvalue weighted by Gasteiger charge is 2.24. The van der Waals surface area contributed by atoms with Gasteiger partial charge < -0.3 is 0 Å². The van der Waals surface area contributed by atoms with E-state index in [0.717, 1.165) is 22.2 Å². The van der Waals surface area contributed by atoms with Crippen molar-refractivity contribution in [3.05, 3.63) is 28.2 Å². The van der Waals surface area contributed by atoms with Gasteiger partial charge in [0.2, 0.25) is 0 Å². The molecule has 3 rings (SSSR count). The van der Waals surface area contributed by atoms with Gasteiger partial charge in [0.1, 0.15) is 5.15 Å². The molecule has 17 heavy (non-hydrogen) atoms. The SMILES string of the molecule is Cc1cc2nc(C)c(C3CCCC3)c(Cl)n2n1. The average molecular weight is 250 g/mol.